The van der Waals surface area contributed by atoms with Crippen LogP contribution in [-0.4, -0.2) is 90.0 Å². The molecule has 1 saturated heterocycles. The Morgan fingerprint density at radius 3 is 1.45 bits per heavy atom. The monoisotopic (exact) mass is 821 g/mol. The van der Waals surface area contributed by atoms with E-state index in [0.717, 1.165) is 77.8 Å². The molecule has 58 heavy (non-hydrogen) atoms. The number of methoxy groups -OCH3 is 1. The summed E-state index contributed by atoms with van der Waals surface area (Å²) < 4.78 is 15.5. The first-order valence-electron chi connectivity index (χ1n) is 23.2. The number of nitrogens with one attached hydrogen (secondary N) is 1. The Kier molecular flexibility index (Phi) is 29.9. The van der Waals surface area contributed by atoms with Crippen LogP contribution in [0.3, 0.4) is 0 Å². The van der Waals surface area contributed by atoms with Crippen LogP contribution in [0.2, 0.25) is 0 Å². The van der Waals surface area contributed by atoms with E-state index in [1.165, 1.54) is 45.1 Å². The van der Waals surface area contributed by atoms with E-state index < -0.39 is 0 Å². The van der Waals surface area contributed by atoms with Crippen LogP contribution < -0.4 is 5.32 Å². The predicted molar refractivity (Wildman–Crippen MR) is 257 cm³/mol. The van der Waals surface area contributed by atoms with Crippen molar-refractivity contribution < 1.29 is 19.3 Å². The van der Waals surface area contributed by atoms with Gasteiger partial charge in [-0.05, 0) is 110 Å². The zero-order valence-electron chi connectivity index (χ0n) is 42.9. The Labute approximate surface area is 364 Å². The van der Waals surface area contributed by atoms with Crippen molar-refractivity contribution in [3.8, 4) is 0 Å². The van der Waals surface area contributed by atoms with Gasteiger partial charge < -0.3 is 29.5 Å². The van der Waals surface area contributed by atoms with E-state index in [0.29, 0.717) is 39.1 Å². The van der Waals surface area contributed by atoms with Crippen molar-refractivity contribution in [3.63, 3.8) is 0 Å². The Morgan fingerprint density at radius 1 is 0.655 bits per heavy atom. The lowest BCUT2D eigenvalue weighted by Gasteiger charge is -2.33. The summed E-state index contributed by atoms with van der Waals surface area (Å²) in [6, 6.07) is 0. The van der Waals surface area contributed by atoms with Crippen molar-refractivity contribution >= 4 is 0 Å². The number of aliphatic hydroxyl groups is 1. The molecule has 4 aliphatic heterocycles. The maximum absolute atomic E-state index is 8.43. The highest BCUT2D eigenvalue weighted by atomic mass is 16.5. The second kappa shape index (κ2) is 29.3. The van der Waals surface area contributed by atoms with Crippen molar-refractivity contribution in [2.24, 2.45) is 38.4 Å². The number of hydrogen-bond acceptors (Lipinski definition) is 6. The van der Waals surface area contributed by atoms with Gasteiger partial charge in [0.05, 0.1) is 13.2 Å². The molecule has 4 rings (SSSR count). The molecular formula is C52H104N2O4. The molecule has 0 aromatic carbocycles. The molecule has 0 unspecified atom stereocenters. The summed E-state index contributed by atoms with van der Waals surface area (Å²) in [5.74, 6) is 0.876. The fraction of sp³-hybridized carbons (Fsp3) is 0.885. The average Bonchev–Trinajstić information content (AvgIpc) is 3.11. The lowest BCUT2D eigenvalue weighted by atomic mass is 9.76. The predicted octanol–water partition coefficient (Wildman–Crippen LogP) is 13.3. The quantitative estimate of drug-likeness (QED) is 0.213. The van der Waals surface area contributed by atoms with Crippen molar-refractivity contribution in [1.29, 1.82) is 0 Å². The maximum atomic E-state index is 8.43. The summed E-state index contributed by atoms with van der Waals surface area (Å²) >= 11 is 0. The summed E-state index contributed by atoms with van der Waals surface area (Å²) in [7, 11) is 3.93. The van der Waals surface area contributed by atoms with E-state index in [-0.39, 0.29) is 0 Å². The van der Waals surface area contributed by atoms with Crippen LogP contribution in [-0.2, 0) is 14.2 Å². The van der Waals surface area contributed by atoms with Gasteiger partial charge in [-0.3, -0.25) is 0 Å². The van der Waals surface area contributed by atoms with Gasteiger partial charge in [-0.1, -0.05) is 160 Å². The van der Waals surface area contributed by atoms with Crippen molar-refractivity contribution in [2.75, 3.05) is 80.0 Å². The van der Waals surface area contributed by atoms with E-state index in [1.54, 1.807) is 23.8 Å². The van der Waals surface area contributed by atoms with E-state index >= 15 is 0 Å². The molecule has 4 heterocycles. The van der Waals surface area contributed by atoms with Crippen LogP contribution in [0.15, 0.2) is 34.9 Å². The van der Waals surface area contributed by atoms with Gasteiger partial charge in [0.1, 0.15) is 0 Å². The summed E-state index contributed by atoms with van der Waals surface area (Å²) in [5.41, 5.74) is 7.25. The van der Waals surface area contributed by atoms with Crippen molar-refractivity contribution in [2.45, 2.75) is 182 Å². The van der Waals surface area contributed by atoms with Gasteiger partial charge in [-0.2, -0.15) is 0 Å². The highest BCUT2D eigenvalue weighted by Gasteiger charge is 2.26. The van der Waals surface area contributed by atoms with Gasteiger partial charge in [0, 0.05) is 53.2 Å². The third-order valence-electron chi connectivity index (χ3n) is 11.1. The smallest absolute Gasteiger partial charge is 0.0650 e. The zero-order chi connectivity index (χ0) is 45.3. The van der Waals surface area contributed by atoms with E-state index in [1.807, 2.05) is 0 Å². The molecule has 0 saturated carbocycles. The molecule has 0 aliphatic carbocycles. The molecule has 1 fully saturated rings. The SMILES string of the molecule is CC(C)(C)C1=CCNCC1.CC(C)(C)C1=CCOCC1.CC(C)(C)C1CCOCC1.CC(C)(C)CCCO.CN1CC=C(C(C)(C)C)CC1.COCCCC(C)(C)C. The molecule has 2 N–H and O–H groups in total. The second-order valence-electron chi connectivity index (χ2n) is 23.5. The molecule has 0 bridgehead atoms. The van der Waals surface area contributed by atoms with Crippen LogP contribution in [0.25, 0.3) is 0 Å². The van der Waals surface area contributed by atoms with Crippen LogP contribution in [0, 0.1) is 38.4 Å². The van der Waals surface area contributed by atoms with Gasteiger partial charge in [0.2, 0.25) is 0 Å². The molecule has 0 radical (unpaired) electrons. The van der Waals surface area contributed by atoms with Crippen LogP contribution in [0.4, 0.5) is 0 Å². The Bertz CT molecular complexity index is 1070. The van der Waals surface area contributed by atoms with Gasteiger partial charge >= 0.3 is 0 Å². The Hall–Kier alpha value is -1.02. The summed E-state index contributed by atoms with van der Waals surface area (Å²) in [6.07, 6.45) is 17.5. The first kappa shape index (κ1) is 59.1. The van der Waals surface area contributed by atoms with Crippen LogP contribution in [0.5, 0.6) is 0 Å². The number of aliphatic hydroxyl groups excluding tert-OH is 1. The third-order valence-corrected chi connectivity index (χ3v) is 11.1. The van der Waals surface area contributed by atoms with Crippen LogP contribution in [0.1, 0.15) is 182 Å². The topological polar surface area (TPSA) is 63.2 Å². The minimum absolute atomic E-state index is 0.331. The summed E-state index contributed by atoms with van der Waals surface area (Å²) in [4.78, 5) is 2.36. The van der Waals surface area contributed by atoms with Gasteiger partial charge in [-0.15, -0.1) is 0 Å². The van der Waals surface area contributed by atoms with E-state index in [4.69, 9.17) is 19.3 Å². The molecular weight excluding hydrogens is 717 g/mol. The molecule has 0 aromatic rings. The minimum Gasteiger partial charge on any atom is -0.396 e. The van der Waals surface area contributed by atoms with Crippen LogP contribution >= 0.6 is 0 Å². The average molecular weight is 821 g/mol. The second-order valence-corrected chi connectivity index (χ2v) is 23.5. The fourth-order valence-corrected chi connectivity index (χ4v) is 6.88. The Balaban J connectivity index is 0. The molecule has 346 valence electrons. The first-order valence-corrected chi connectivity index (χ1v) is 23.2. The third kappa shape index (κ3) is 34.7. The lowest BCUT2D eigenvalue weighted by molar-refractivity contribution is 0.0286. The molecule has 0 atom stereocenters. The molecule has 0 spiro atoms. The van der Waals surface area contributed by atoms with E-state index in [2.05, 4.69) is 160 Å². The number of rotatable bonds is 5. The molecule has 0 aromatic heterocycles. The van der Waals surface area contributed by atoms with Crippen molar-refractivity contribution in [1.82, 2.24) is 10.2 Å². The van der Waals surface area contributed by atoms with E-state index in [9.17, 15) is 0 Å². The maximum Gasteiger partial charge on any atom is 0.0650 e. The molecule has 6 nitrogen and oxygen atoms in total. The highest BCUT2D eigenvalue weighted by Crippen LogP contribution is 2.34. The lowest BCUT2D eigenvalue weighted by Crippen LogP contribution is -2.27. The minimum atomic E-state index is 0.331. The normalized spacial score (nSPS) is 18.7. The van der Waals surface area contributed by atoms with Gasteiger partial charge in [0.15, 0.2) is 0 Å². The zero-order valence-corrected chi connectivity index (χ0v) is 42.9. The number of nitrogens with zero attached hydrogens (tertiary/aromatic N) is 1. The van der Waals surface area contributed by atoms with Gasteiger partial charge in [0.25, 0.3) is 0 Å². The molecule has 4 aliphatic rings. The fourth-order valence-electron chi connectivity index (χ4n) is 6.88. The number of hydrogen-bond donors (Lipinski definition) is 2. The highest BCUT2D eigenvalue weighted by molar-refractivity contribution is 5.15. The summed E-state index contributed by atoms with van der Waals surface area (Å²) in [6.45, 7) is 50.2. The molecule has 0 amide bonds. The Morgan fingerprint density at radius 2 is 1.16 bits per heavy atom. The first-order chi connectivity index (χ1) is 26.4. The number of likely N-dealkylation sites (N-methyl/N-ethyl adjacent to an activating group) is 1. The number of ether oxygens (including phenoxy) is 3. The van der Waals surface area contributed by atoms with Crippen molar-refractivity contribution in [3.05, 3.63) is 34.9 Å². The van der Waals surface area contributed by atoms with Gasteiger partial charge in [-0.25, -0.2) is 0 Å². The summed E-state index contributed by atoms with van der Waals surface area (Å²) in [5, 5.41) is 11.7. The molecule has 6 heteroatoms. The largest absolute Gasteiger partial charge is 0.396 e. The standard InChI is InChI=1S/C10H19N.C9H17N.C9H18O.C9H16O.C8H18O.C7H16O/c1-10(2,3)9-5-7-11(4)8-6-9;3*1-9(2,3)8-4-6-10-7-5-8;1-8(2,3)6-5-7-9-4;1-7(2,3)5-4-6-8/h5H,6-8H2,1-4H3;4,10H,5-7H2,1-3H3;8H,4-7H2,1-3H3;4H,5-7H2,1-3H3;5-7H2,1-4H3;8H,4-6H2,1-3H3.